The third-order valence-corrected chi connectivity index (χ3v) is 2.12. The molecule has 0 radical (unpaired) electrons. The van der Waals surface area contributed by atoms with E-state index in [1.54, 1.807) is 19.2 Å². The average Bonchev–Trinajstić information content (AvgIpc) is 2.19. The molecule has 0 saturated heterocycles. The van der Waals surface area contributed by atoms with Gasteiger partial charge in [0.15, 0.2) is 0 Å². The van der Waals surface area contributed by atoms with E-state index in [9.17, 15) is 4.79 Å². The third kappa shape index (κ3) is 2.43. The monoisotopic (exact) mass is 259 g/mol. The van der Waals surface area contributed by atoms with Crippen molar-refractivity contribution in [1.82, 2.24) is 15.8 Å². The number of methoxy groups -OCH3 is 1. The lowest BCUT2D eigenvalue weighted by Crippen LogP contribution is -2.34. The van der Waals surface area contributed by atoms with Crippen LogP contribution in [-0.2, 0) is 0 Å². The van der Waals surface area contributed by atoms with Crippen LogP contribution in [0.2, 0.25) is 0 Å². The van der Waals surface area contributed by atoms with E-state index >= 15 is 0 Å². The number of hydrogen-bond donors (Lipinski definition) is 2. The molecular formula is C8H10BrN3O2. The van der Waals surface area contributed by atoms with E-state index < -0.39 is 0 Å². The first-order valence-electron chi connectivity index (χ1n) is 3.86. The summed E-state index contributed by atoms with van der Waals surface area (Å²) < 4.78 is 5.52. The van der Waals surface area contributed by atoms with Crippen LogP contribution in [0.4, 0.5) is 0 Å². The summed E-state index contributed by atoms with van der Waals surface area (Å²) >= 11 is 3.22. The van der Waals surface area contributed by atoms with Gasteiger partial charge in [0, 0.05) is 17.6 Å². The Bertz CT molecular complexity index is 343. The minimum Gasteiger partial charge on any atom is -0.481 e. The van der Waals surface area contributed by atoms with Crippen LogP contribution in [0.3, 0.4) is 0 Å². The van der Waals surface area contributed by atoms with Gasteiger partial charge in [-0.15, -0.1) is 0 Å². The molecule has 0 fully saturated rings. The summed E-state index contributed by atoms with van der Waals surface area (Å²) in [6, 6.07) is 3.37. The predicted molar refractivity (Wildman–Crippen MR) is 55.0 cm³/mol. The van der Waals surface area contributed by atoms with Crippen molar-refractivity contribution in [1.29, 1.82) is 0 Å². The molecule has 0 aromatic carbocycles. The maximum atomic E-state index is 11.4. The van der Waals surface area contributed by atoms with Crippen molar-refractivity contribution in [2.45, 2.75) is 0 Å². The number of halogens is 1. The molecule has 0 aliphatic heterocycles. The summed E-state index contributed by atoms with van der Waals surface area (Å²) in [6.45, 7) is 0. The third-order valence-electron chi connectivity index (χ3n) is 1.48. The first kappa shape index (κ1) is 10.9. The second kappa shape index (κ2) is 4.92. The number of hydrazine groups is 1. The van der Waals surface area contributed by atoms with Gasteiger partial charge in [-0.3, -0.25) is 10.2 Å². The van der Waals surface area contributed by atoms with Gasteiger partial charge in [0.2, 0.25) is 5.88 Å². The highest BCUT2D eigenvalue weighted by Crippen LogP contribution is 2.18. The molecule has 0 spiro atoms. The molecule has 0 atom stereocenters. The average molecular weight is 260 g/mol. The molecule has 1 heterocycles. The molecule has 0 unspecified atom stereocenters. The van der Waals surface area contributed by atoms with Gasteiger partial charge in [0.05, 0.1) is 7.11 Å². The van der Waals surface area contributed by atoms with E-state index in [-0.39, 0.29) is 11.6 Å². The van der Waals surface area contributed by atoms with E-state index in [4.69, 9.17) is 4.74 Å². The summed E-state index contributed by atoms with van der Waals surface area (Å²) in [4.78, 5) is 15.4. The minimum atomic E-state index is -0.321. The molecule has 0 aliphatic carbocycles. The Hall–Kier alpha value is -1.14. The van der Waals surface area contributed by atoms with Crippen LogP contribution >= 0.6 is 15.9 Å². The highest BCUT2D eigenvalue weighted by molar-refractivity contribution is 9.10. The van der Waals surface area contributed by atoms with E-state index in [2.05, 4.69) is 31.8 Å². The van der Waals surface area contributed by atoms with Crippen LogP contribution in [0, 0.1) is 0 Å². The molecule has 1 aromatic heterocycles. The van der Waals surface area contributed by atoms with E-state index in [1.807, 2.05) is 0 Å². The number of amides is 1. The van der Waals surface area contributed by atoms with Crippen molar-refractivity contribution in [3.05, 3.63) is 22.3 Å². The van der Waals surface area contributed by atoms with Gasteiger partial charge in [0.1, 0.15) is 5.69 Å². The van der Waals surface area contributed by atoms with Crippen LogP contribution in [0.5, 0.6) is 5.88 Å². The van der Waals surface area contributed by atoms with Crippen molar-refractivity contribution in [3.63, 3.8) is 0 Å². The molecule has 76 valence electrons. The molecule has 0 saturated carbocycles. The number of aromatic nitrogens is 1. The van der Waals surface area contributed by atoms with E-state index in [0.29, 0.717) is 10.4 Å². The van der Waals surface area contributed by atoms with Crippen LogP contribution in [0.25, 0.3) is 0 Å². The normalized spacial score (nSPS) is 9.64. The topological polar surface area (TPSA) is 63.2 Å². The second-order valence-corrected chi connectivity index (χ2v) is 3.24. The maximum absolute atomic E-state index is 11.4. The Kier molecular flexibility index (Phi) is 3.84. The number of nitrogens with zero attached hydrogens (tertiary/aromatic N) is 1. The molecule has 2 N–H and O–H groups in total. The number of carbonyl (C=O) groups excluding carboxylic acids is 1. The zero-order chi connectivity index (χ0) is 10.6. The zero-order valence-electron chi connectivity index (χ0n) is 7.80. The summed E-state index contributed by atoms with van der Waals surface area (Å²) in [6.07, 6.45) is 0. The number of nitrogens with one attached hydrogen (secondary N) is 2. The highest BCUT2D eigenvalue weighted by Gasteiger charge is 2.11. The second-order valence-electron chi connectivity index (χ2n) is 2.39. The number of pyridine rings is 1. The molecule has 0 aliphatic rings. The Morgan fingerprint density at radius 2 is 2.29 bits per heavy atom. The van der Waals surface area contributed by atoms with Gasteiger partial charge in [-0.1, -0.05) is 0 Å². The molecule has 5 nitrogen and oxygen atoms in total. The largest absolute Gasteiger partial charge is 0.481 e. The molecular weight excluding hydrogens is 250 g/mol. The minimum absolute atomic E-state index is 0.277. The summed E-state index contributed by atoms with van der Waals surface area (Å²) in [5.74, 6) is 0.0766. The van der Waals surface area contributed by atoms with Gasteiger partial charge >= 0.3 is 0 Å². The van der Waals surface area contributed by atoms with Gasteiger partial charge in [-0.05, 0) is 22.0 Å². The molecule has 14 heavy (non-hydrogen) atoms. The quantitative estimate of drug-likeness (QED) is 0.786. The number of ether oxygens (including phenoxy) is 1. The van der Waals surface area contributed by atoms with Gasteiger partial charge < -0.3 is 4.74 Å². The molecule has 1 rings (SSSR count). The SMILES string of the molecule is CNNC(=O)c1nc(OC)ccc1Br. The van der Waals surface area contributed by atoms with Crippen molar-refractivity contribution in [2.75, 3.05) is 14.2 Å². The van der Waals surface area contributed by atoms with Crippen LogP contribution in [0.1, 0.15) is 10.5 Å². The Morgan fingerprint density at radius 3 is 2.86 bits per heavy atom. The van der Waals surface area contributed by atoms with Crippen molar-refractivity contribution in [3.8, 4) is 5.88 Å². The van der Waals surface area contributed by atoms with Gasteiger partial charge in [-0.2, -0.15) is 0 Å². The van der Waals surface area contributed by atoms with Gasteiger partial charge in [0.25, 0.3) is 5.91 Å². The lowest BCUT2D eigenvalue weighted by Gasteiger charge is -2.05. The number of carbonyl (C=O) groups is 1. The van der Waals surface area contributed by atoms with Crippen molar-refractivity contribution in [2.24, 2.45) is 0 Å². The Morgan fingerprint density at radius 1 is 1.57 bits per heavy atom. The summed E-state index contributed by atoms with van der Waals surface area (Å²) in [7, 11) is 3.10. The standard InChI is InChI=1S/C8H10BrN3O2/c1-10-12-8(13)7-5(9)3-4-6(11-7)14-2/h3-4,10H,1-2H3,(H,12,13). The Balaban J connectivity index is 2.99. The molecule has 1 aromatic rings. The van der Waals surface area contributed by atoms with Crippen molar-refractivity contribution < 1.29 is 9.53 Å². The van der Waals surface area contributed by atoms with Crippen LogP contribution in [0.15, 0.2) is 16.6 Å². The first-order valence-corrected chi connectivity index (χ1v) is 4.66. The van der Waals surface area contributed by atoms with E-state index in [1.165, 1.54) is 7.11 Å². The summed E-state index contributed by atoms with van der Waals surface area (Å²) in [5.41, 5.74) is 5.22. The van der Waals surface area contributed by atoms with Crippen molar-refractivity contribution >= 4 is 21.8 Å². The number of rotatable bonds is 3. The van der Waals surface area contributed by atoms with Crippen LogP contribution < -0.4 is 15.6 Å². The Labute approximate surface area is 90.0 Å². The lowest BCUT2D eigenvalue weighted by molar-refractivity contribution is 0.0931. The van der Waals surface area contributed by atoms with E-state index in [0.717, 1.165) is 0 Å². The smallest absolute Gasteiger partial charge is 0.285 e. The molecule has 6 heteroatoms. The lowest BCUT2D eigenvalue weighted by atomic mass is 10.3. The zero-order valence-corrected chi connectivity index (χ0v) is 9.38. The fourth-order valence-corrected chi connectivity index (χ4v) is 1.27. The maximum Gasteiger partial charge on any atom is 0.285 e. The summed E-state index contributed by atoms with van der Waals surface area (Å²) in [5, 5.41) is 0. The van der Waals surface area contributed by atoms with Gasteiger partial charge in [-0.25, -0.2) is 10.4 Å². The predicted octanol–water partition coefficient (Wildman–Crippen LogP) is 0.717. The molecule has 1 amide bonds. The van der Waals surface area contributed by atoms with Crippen LogP contribution in [-0.4, -0.2) is 25.0 Å². The fourth-order valence-electron chi connectivity index (χ4n) is 0.870. The number of hydrogen-bond acceptors (Lipinski definition) is 4. The highest BCUT2D eigenvalue weighted by atomic mass is 79.9. The molecule has 0 bridgehead atoms. The first-order chi connectivity index (χ1) is 6.69. The fraction of sp³-hybridized carbons (Fsp3) is 0.250.